The zero-order chi connectivity index (χ0) is 19.9. The molecule has 6 nitrogen and oxygen atoms in total. The molecule has 0 radical (unpaired) electrons. The standard InChI is InChI=1S/C21H32O6/c1-4-6-8-10-11-17(3)24-21(23)26-27-25-20(22)19-15-13-18(14-16-19)12-9-7-5-2/h13-17H,4-12H2,1-3H3. The zero-order valence-corrected chi connectivity index (χ0v) is 16.7. The van der Waals surface area contributed by atoms with Crippen LogP contribution in [0.1, 0.15) is 88.1 Å². The van der Waals surface area contributed by atoms with E-state index < -0.39 is 12.1 Å². The molecule has 0 saturated carbocycles. The molecule has 0 heterocycles. The average Bonchev–Trinajstić information content (AvgIpc) is 2.66. The predicted octanol–water partition coefficient (Wildman–Crippen LogP) is 5.93. The Hall–Kier alpha value is -2.08. The summed E-state index contributed by atoms with van der Waals surface area (Å²) in [7, 11) is 0. The Morgan fingerprint density at radius 3 is 2.22 bits per heavy atom. The van der Waals surface area contributed by atoms with E-state index in [1.165, 1.54) is 12.8 Å². The van der Waals surface area contributed by atoms with E-state index >= 15 is 0 Å². The van der Waals surface area contributed by atoms with Crippen LogP contribution in [0.15, 0.2) is 24.3 Å². The maximum atomic E-state index is 11.8. The second-order valence-electron chi connectivity index (χ2n) is 6.70. The normalized spacial score (nSPS) is 11.7. The Morgan fingerprint density at radius 1 is 0.889 bits per heavy atom. The molecule has 0 bridgehead atoms. The summed E-state index contributed by atoms with van der Waals surface area (Å²) in [6.07, 6.45) is 8.28. The maximum Gasteiger partial charge on any atom is 0.543 e. The van der Waals surface area contributed by atoms with Crippen LogP contribution >= 0.6 is 0 Å². The van der Waals surface area contributed by atoms with Crippen molar-refractivity contribution in [3.05, 3.63) is 35.4 Å². The molecule has 0 aromatic heterocycles. The van der Waals surface area contributed by atoms with Crippen LogP contribution < -0.4 is 0 Å². The molecule has 0 saturated heterocycles. The molecule has 152 valence electrons. The molecule has 0 N–H and O–H groups in total. The highest BCUT2D eigenvalue weighted by molar-refractivity contribution is 5.88. The van der Waals surface area contributed by atoms with Crippen LogP contribution in [0, 0.1) is 0 Å². The van der Waals surface area contributed by atoms with Gasteiger partial charge < -0.3 is 4.74 Å². The lowest BCUT2D eigenvalue weighted by Crippen LogP contribution is -2.17. The van der Waals surface area contributed by atoms with Crippen molar-refractivity contribution in [1.29, 1.82) is 0 Å². The molecular formula is C21H32O6. The van der Waals surface area contributed by atoms with Gasteiger partial charge in [-0.15, -0.1) is 0 Å². The van der Waals surface area contributed by atoms with E-state index in [0.717, 1.165) is 50.5 Å². The SMILES string of the molecule is CCCCCCC(C)OC(=O)OOOC(=O)c1ccc(CCCCC)cc1. The van der Waals surface area contributed by atoms with E-state index in [1.54, 1.807) is 19.1 Å². The molecule has 0 aliphatic rings. The van der Waals surface area contributed by atoms with Gasteiger partial charge in [0.1, 0.15) is 6.10 Å². The van der Waals surface area contributed by atoms with Crippen molar-refractivity contribution in [3.63, 3.8) is 0 Å². The molecule has 0 spiro atoms. The van der Waals surface area contributed by atoms with Gasteiger partial charge in [-0.3, -0.25) is 4.89 Å². The lowest BCUT2D eigenvalue weighted by molar-refractivity contribution is -0.452. The summed E-state index contributed by atoms with van der Waals surface area (Å²) in [5, 5.41) is 4.24. The van der Waals surface area contributed by atoms with Gasteiger partial charge in [-0.1, -0.05) is 58.1 Å². The first kappa shape index (κ1) is 23.0. The number of ether oxygens (including phenoxy) is 1. The third-order valence-electron chi connectivity index (χ3n) is 4.23. The minimum absolute atomic E-state index is 0.283. The minimum Gasteiger partial charge on any atom is -0.429 e. The van der Waals surface area contributed by atoms with Gasteiger partial charge >= 0.3 is 12.1 Å². The van der Waals surface area contributed by atoms with E-state index in [4.69, 9.17) is 4.74 Å². The Labute approximate surface area is 162 Å². The molecule has 1 aromatic carbocycles. The minimum atomic E-state index is -1.03. The van der Waals surface area contributed by atoms with Gasteiger partial charge in [0.2, 0.25) is 0 Å². The largest absolute Gasteiger partial charge is 0.543 e. The Morgan fingerprint density at radius 2 is 1.56 bits per heavy atom. The summed E-state index contributed by atoms with van der Waals surface area (Å²) in [6, 6.07) is 7.07. The molecule has 6 heteroatoms. The summed E-state index contributed by atoms with van der Waals surface area (Å²) in [5.74, 6) is -0.740. The van der Waals surface area contributed by atoms with E-state index in [1.807, 2.05) is 12.1 Å². The van der Waals surface area contributed by atoms with E-state index in [-0.39, 0.29) is 6.10 Å². The fourth-order valence-corrected chi connectivity index (χ4v) is 2.61. The van der Waals surface area contributed by atoms with E-state index in [2.05, 4.69) is 28.7 Å². The van der Waals surface area contributed by atoms with Gasteiger partial charge in [-0.25, -0.2) is 14.5 Å². The van der Waals surface area contributed by atoms with Crippen molar-refractivity contribution in [3.8, 4) is 0 Å². The van der Waals surface area contributed by atoms with Gasteiger partial charge in [0.05, 0.1) is 10.6 Å². The second kappa shape index (κ2) is 14.0. The van der Waals surface area contributed by atoms with Crippen molar-refractivity contribution < 1.29 is 29.1 Å². The number of rotatable bonds is 13. The third-order valence-corrected chi connectivity index (χ3v) is 4.23. The Kier molecular flexibility index (Phi) is 11.9. The van der Waals surface area contributed by atoms with Gasteiger partial charge in [-0.2, -0.15) is 0 Å². The fourth-order valence-electron chi connectivity index (χ4n) is 2.61. The number of benzene rings is 1. The van der Waals surface area contributed by atoms with Crippen molar-refractivity contribution in [2.75, 3.05) is 0 Å². The molecule has 0 fully saturated rings. The molecular weight excluding hydrogens is 348 g/mol. The van der Waals surface area contributed by atoms with Crippen molar-refractivity contribution in [2.24, 2.45) is 0 Å². The highest BCUT2D eigenvalue weighted by Gasteiger charge is 2.14. The van der Waals surface area contributed by atoms with Crippen molar-refractivity contribution in [1.82, 2.24) is 0 Å². The molecule has 1 aromatic rings. The van der Waals surface area contributed by atoms with Gasteiger partial charge in [0.15, 0.2) is 0 Å². The number of aryl methyl sites for hydroxylation is 1. The van der Waals surface area contributed by atoms with Crippen LogP contribution in [0.25, 0.3) is 0 Å². The summed E-state index contributed by atoms with van der Waals surface area (Å²) in [5.41, 5.74) is 1.48. The molecule has 1 atom stereocenters. The molecule has 1 rings (SSSR count). The third kappa shape index (κ3) is 10.6. The number of hydrogen-bond acceptors (Lipinski definition) is 6. The highest BCUT2D eigenvalue weighted by Crippen LogP contribution is 2.11. The van der Waals surface area contributed by atoms with E-state index in [9.17, 15) is 9.59 Å². The maximum absolute atomic E-state index is 11.8. The van der Waals surface area contributed by atoms with E-state index in [0.29, 0.717) is 5.56 Å². The Bertz CT molecular complexity index is 540. The molecule has 27 heavy (non-hydrogen) atoms. The van der Waals surface area contributed by atoms with Crippen molar-refractivity contribution >= 4 is 12.1 Å². The highest BCUT2D eigenvalue weighted by atomic mass is 17.5. The van der Waals surface area contributed by atoms with Crippen molar-refractivity contribution in [2.45, 2.75) is 84.7 Å². The van der Waals surface area contributed by atoms with Gasteiger partial charge in [0, 0.05) is 0 Å². The quantitative estimate of drug-likeness (QED) is 0.183. The van der Waals surface area contributed by atoms with Gasteiger partial charge in [-0.05, 0) is 50.3 Å². The number of hydrogen-bond donors (Lipinski definition) is 0. The lowest BCUT2D eigenvalue weighted by atomic mass is 10.1. The monoisotopic (exact) mass is 380 g/mol. The van der Waals surface area contributed by atoms with Crippen LogP contribution in [-0.4, -0.2) is 18.2 Å². The van der Waals surface area contributed by atoms with Crippen LogP contribution in [-0.2, 0) is 26.0 Å². The van der Waals surface area contributed by atoms with Crippen LogP contribution in [0.3, 0.4) is 0 Å². The number of carbonyl (C=O) groups is 2. The summed E-state index contributed by atoms with van der Waals surface area (Å²) >= 11 is 0. The van der Waals surface area contributed by atoms with Crippen LogP contribution in [0.4, 0.5) is 4.79 Å². The second-order valence-corrected chi connectivity index (χ2v) is 6.70. The molecule has 0 aliphatic heterocycles. The summed E-state index contributed by atoms with van der Waals surface area (Å²) < 4.78 is 5.00. The number of unbranched alkanes of at least 4 members (excludes halogenated alkanes) is 5. The Balaban J connectivity index is 2.22. The lowest BCUT2D eigenvalue weighted by Gasteiger charge is -2.11. The van der Waals surface area contributed by atoms with Crippen LogP contribution in [0.5, 0.6) is 0 Å². The van der Waals surface area contributed by atoms with Crippen LogP contribution in [0.2, 0.25) is 0 Å². The van der Waals surface area contributed by atoms with Gasteiger partial charge in [0.25, 0.3) is 0 Å². The first-order chi connectivity index (χ1) is 13.1. The first-order valence-corrected chi connectivity index (χ1v) is 9.91. The predicted molar refractivity (Wildman–Crippen MR) is 102 cm³/mol. The topological polar surface area (TPSA) is 71.1 Å². The molecule has 0 amide bonds. The smallest absolute Gasteiger partial charge is 0.429 e. The fraction of sp³-hybridized carbons (Fsp3) is 0.619. The molecule has 1 unspecified atom stereocenters. The number of carbonyl (C=O) groups excluding carboxylic acids is 2. The first-order valence-electron chi connectivity index (χ1n) is 9.91. The average molecular weight is 380 g/mol. The summed E-state index contributed by atoms with van der Waals surface area (Å²) in [6.45, 7) is 6.07. The molecule has 0 aliphatic carbocycles. The summed E-state index contributed by atoms with van der Waals surface area (Å²) in [4.78, 5) is 32.1. The zero-order valence-electron chi connectivity index (χ0n) is 16.7.